The summed E-state index contributed by atoms with van der Waals surface area (Å²) in [4.78, 5) is 12.0. The Balaban J connectivity index is 1.59. The Morgan fingerprint density at radius 3 is 2.64 bits per heavy atom. The van der Waals surface area contributed by atoms with Gasteiger partial charge in [0.25, 0.3) is 0 Å². The number of carbonyl (C=O) groups excluding carboxylic acids is 1. The zero-order valence-corrected chi connectivity index (χ0v) is 15.8. The first-order chi connectivity index (χ1) is 12.2. The van der Waals surface area contributed by atoms with Gasteiger partial charge in [-0.1, -0.05) is 55.5 Å². The summed E-state index contributed by atoms with van der Waals surface area (Å²) in [7, 11) is 0. The van der Waals surface area contributed by atoms with E-state index in [0.717, 1.165) is 24.3 Å². The predicted molar refractivity (Wildman–Crippen MR) is 102 cm³/mol. The van der Waals surface area contributed by atoms with Gasteiger partial charge in [-0.15, -0.1) is 10.2 Å². The molecule has 0 saturated carbocycles. The summed E-state index contributed by atoms with van der Waals surface area (Å²) in [6, 6.07) is 10.3. The van der Waals surface area contributed by atoms with E-state index in [2.05, 4.69) is 41.5 Å². The highest BCUT2D eigenvalue weighted by molar-refractivity contribution is 7.15. The van der Waals surface area contributed by atoms with Crippen LogP contribution >= 0.6 is 11.3 Å². The molecule has 0 saturated heterocycles. The number of ether oxygens (including phenoxy) is 1. The van der Waals surface area contributed by atoms with Crippen molar-refractivity contribution in [3.05, 3.63) is 40.9 Å². The topological polar surface area (TPSA) is 64.1 Å². The van der Waals surface area contributed by atoms with Crippen molar-refractivity contribution < 1.29 is 9.53 Å². The zero-order valence-electron chi connectivity index (χ0n) is 15.0. The lowest BCUT2D eigenvalue weighted by atomic mass is 10.1. The van der Waals surface area contributed by atoms with Gasteiger partial charge in [0.15, 0.2) is 0 Å². The molecule has 1 aromatic carbocycles. The van der Waals surface area contributed by atoms with Gasteiger partial charge >= 0.3 is 0 Å². The van der Waals surface area contributed by atoms with E-state index in [-0.39, 0.29) is 5.91 Å². The second kappa shape index (κ2) is 10.9. The quantitative estimate of drug-likeness (QED) is 0.602. The predicted octanol–water partition coefficient (Wildman–Crippen LogP) is 4.42. The summed E-state index contributed by atoms with van der Waals surface area (Å²) in [6.07, 6.45) is 4.12. The van der Waals surface area contributed by atoms with Crippen molar-refractivity contribution in [2.75, 3.05) is 18.5 Å². The normalized spacial score (nSPS) is 11.0. The fourth-order valence-corrected chi connectivity index (χ4v) is 3.57. The third-order valence-electron chi connectivity index (χ3n) is 4.09. The summed E-state index contributed by atoms with van der Waals surface area (Å²) < 4.78 is 5.60. The molecular formula is C19H27N3O2S. The van der Waals surface area contributed by atoms with Crippen molar-refractivity contribution in [2.24, 2.45) is 0 Å². The van der Waals surface area contributed by atoms with Gasteiger partial charge in [-0.05, 0) is 31.2 Å². The van der Waals surface area contributed by atoms with E-state index in [1.165, 1.54) is 16.9 Å². The Labute approximate surface area is 153 Å². The summed E-state index contributed by atoms with van der Waals surface area (Å²) in [5.74, 6) is 0.403. The van der Waals surface area contributed by atoms with Crippen LogP contribution in [0.2, 0.25) is 0 Å². The number of benzene rings is 1. The molecule has 0 aliphatic rings. The van der Waals surface area contributed by atoms with Crippen molar-refractivity contribution in [3.8, 4) is 0 Å². The number of hydrogen-bond donors (Lipinski definition) is 1. The number of hydrogen-bond acceptors (Lipinski definition) is 5. The number of amides is 1. The van der Waals surface area contributed by atoms with Crippen molar-refractivity contribution >= 4 is 22.4 Å². The van der Waals surface area contributed by atoms with E-state index in [0.29, 0.717) is 37.1 Å². The van der Waals surface area contributed by atoms with Gasteiger partial charge in [-0.25, -0.2) is 0 Å². The highest BCUT2D eigenvalue weighted by Gasteiger charge is 2.14. The molecule has 2 rings (SSSR count). The molecule has 6 heteroatoms. The minimum atomic E-state index is -0.0288. The first-order valence-electron chi connectivity index (χ1n) is 8.97. The molecule has 25 heavy (non-hydrogen) atoms. The van der Waals surface area contributed by atoms with Gasteiger partial charge in [0.2, 0.25) is 11.0 Å². The number of rotatable bonds is 11. The number of nitrogens with zero attached hydrogens (tertiary/aromatic N) is 2. The minimum absolute atomic E-state index is 0.0288. The van der Waals surface area contributed by atoms with E-state index in [9.17, 15) is 4.79 Å². The fraction of sp³-hybridized carbons (Fsp3) is 0.526. The summed E-state index contributed by atoms with van der Waals surface area (Å²) >= 11 is 1.48. The maximum Gasteiger partial charge on any atom is 0.226 e. The Morgan fingerprint density at radius 2 is 1.92 bits per heavy atom. The lowest BCUT2D eigenvalue weighted by Gasteiger charge is -2.06. The van der Waals surface area contributed by atoms with Crippen molar-refractivity contribution in [1.29, 1.82) is 0 Å². The van der Waals surface area contributed by atoms with Crippen molar-refractivity contribution in [2.45, 2.75) is 51.9 Å². The van der Waals surface area contributed by atoms with Crippen LogP contribution in [0.4, 0.5) is 5.13 Å². The van der Waals surface area contributed by atoms with Crippen molar-refractivity contribution in [1.82, 2.24) is 10.2 Å². The molecule has 2 aromatic rings. The standard InChI is InChI=1S/C19H27N3O2S/c1-3-16(4-2)18-21-22-19(25-18)20-17(23)11-8-13-24-14-12-15-9-6-5-7-10-15/h5-7,9-10,16H,3-4,8,11-14H2,1-2H3,(H,20,22,23). The molecule has 0 spiro atoms. The molecule has 0 aliphatic heterocycles. The van der Waals surface area contributed by atoms with E-state index in [1.807, 2.05) is 18.2 Å². The van der Waals surface area contributed by atoms with Crippen LogP contribution in [-0.2, 0) is 16.0 Å². The van der Waals surface area contributed by atoms with Crippen LogP contribution in [0.3, 0.4) is 0 Å². The minimum Gasteiger partial charge on any atom is -0.381 e. The lowest BCUT2D eigenvalue weighted by molar-refractivity contribution is -0.116. The number of aromatic nitrogens is 2. The first-order valence-corrected chi connectivity index (χ1v) is 9.79. The first kappa shape index (κ1) is 19.5. The Hall–Kier alpha value is -1.79. The van der Waals surface area contributed by atoms with Crippen LogP contribution in [0.15, 0.2) is 30.3 Å². The van der Waals surface area contributed by atoms with Gasteiger partial charge in [-0.2, -0.15) is 0 Å². The highest BCUT2D eigenvalue weighted by Crippen LogP contribution is 2.28. The van der Waals surface area contributed by atoms with E-state index in [1.54, 1.807) is 0 Å². The summed E-state index contributed by atoms with van der Waals surface area (Å²) in [5, 5.41) is 12.7. The average Bonchev–Trinajstić information content (AvgIpc) is 3.08. The van der Waals surface area contributed by atoms with Crippen LogP contribution in [0.25, 0.3) is 0 Å². The summed E-state index contributed by atoms with van der Waals surface area (Å²) in [6.45, 7) is 5.56. The molecule has 1 aromatic heterocycles. The lowest BCUT2D eigenvalue weighted by Crippen LogP contribution is -2.12. The van der Waals surface area contributed by atoms with Crippen LogP contribution in [0.5, 0.6) is 0 Å². The monoisotopic (exact) mass is 361 g/mol. The molecule has 1 amide bonds. The third-order valence-corrected chi connectivity index (χ3v) is 5.09. The van der Waals surface area contributed by atoms with Crippen LogP contribution in [-0.4, -0.2) is 29.3 Å². The molecule has 0 radical (unpaired) electrons. The van der Waals surface area contributed by atoms with Gasteiger partial charge in [0, 0.05) is 18.9 Å². The third kappa shape index (κ3) is 6.92. The molecule has 1 heterocycles. The zero-order chi connectivity index (χ0) is 17.9. The van der Waals surface area contributed by atoms with Crippen LogP contribution in [0, 0.1) is 0 Å². The largest absolute Gasteiger partial charge is 0.381 e. The molecule has 0 unspecified atom stereocenters. The highest BCUT2D eigenvalue weighted by atomic mass is 32.1. The van der Waals surface area contributed by atoms with Crippen LogP contribution in [0.1, 0.15) is 56.0 Å². The maximum atomic E-state index is 12.0. The van der Waals surface area contributed by atoms with Gasteiger partial charge in [0.1, 0.15) is 5.01 Å². The molecular weight excluding hydrogens is 334 g/mol. The molecule has 0 aliphatic carbocycles. The van der Waals surface area contributed by atoms with Crippen LogP contribution < -0.4 is 5.32 Å². The molecule has 0 atom stereocenters. The van der Waals surface area contributed by atoms with E-state index in [4.69, 9.17) is 4.74 Å². The van der Waals surface area contributed by atoms with Crippen molar-refractivity contribution in [3.63, 3.8) is 0 Å². The van der Waals surface area contributed by atoms with E-state index >= 15 is 0 Å². The Morgan fingerprint density at radius 1 is 1.16 bits per heavy atom. The number of anilines is 1. The second-order valence-electron chi connectivity index (χ2n) is 5.96. The number of carbonyl (C=O) groups is 1. The van der Waals surface area contributed by atoms with Gasteiger partial charge < -0.3 is 10.1 Å². The SMILES string of the molecule is CCC(CC)c1nnc(NC(=O)CCCOCCc2ccccc2)s1. The second-order valence-corrected chi connectivity index (χ2v) is 6.97. The summed E-state index contributed by atoms with van der Waals surface area (Å²) in [5.41, 5.74) is 1.27. The average molecular weight is 362 g/mol. The smallest absolute Gasteiger partial charge is 0.226 e. The fourth-order valence-electron chi connectivity index (χ4n) is 2.54. The van der Waals surface area contributed by atoms with Gasteiger partial charge in [-0.3, -0.25) is 4.79 Å². The Bertz CT molecular complexity index is 627. The van der Waals surface area contributed by atoms with E-state index < -0.39 is 0 Å². The molecule has 5 nitrogen and oxygen atoms in total. The molecule has 0 bridgehead atoms. The van der Waals surface area contributed by atoms with Gasteiger partial charge in [0.05, 0.1) is 6.61 Å². The maximum absolute atomic E-state index is 12.0. The molecule has 1 N–H and O–H groups in total. The number of nitrogens with one attached hydrogen (secondary N) is 1. The Kier molecular flexibility index (Phi) is 8.55. The molecule has 0 fully saturated rings. The molecule has 136 valence electrons.